The minimum Gasteiger partial charge on any atom is -0.316 e. The first-order valence-electron chi connectivity index (χ1n) is 6.37. The first-order chi connectivity index (χ1) is 7.62. The second kappa shape index (κ2) is 4.89. The van der Waals surface area contributed by atoms with Crippen molar-refractivity contribution in [2.24, 2.45) is 11.8 Å². The Morgan fingerprint density at radius 2 is 2.25 bits per heavy atom. The van der Waals surface area contributed by atoms with Crippen molar-refractivity contribution in [2.75, 3.05) is 13.1 Å². The third-order valence-electron chi connectivity index (χ3n) is 3.54. The summed E-state index contributed by atoms with van der Waals surface area (Å²) >= 11 is 1.93. The number of thiophene rings is 1. The van der Waals surface area contributed by atoms with E-state index in [9.17, 15) is 0 Å². The molecule has 1 fully saturated rings. The van der Waals surface area contributed by atoms with E-state index in [0.29, 0.717) is 5.41 Å². The smallest absolute Gasteiger partial charge is 0.0177 e. The monoisotopic (exact) mass is 237 g/mol. The number of nitrogens with one attached hydrogen (secondary N) is 1. The van der Waals surface area contributed by atoms with Gasteiger partial charge < -0.3 is 5.32 Å². The summed E-state index contributed by atoms with van der Waals surface area (Å²) in [6, 6.07) is 4.50. The molecule has 0 radical (unpaired) electrons. The van der Waals surface area contributed by atoms with E-state index in [0.717, 1.165) is 24.9 Å². The molecule has 0 unspecified atom stereocenters. The molecule has 0 saturated heterocycles. The molecule has 16 heavy (non-hydrogen) atoms. The lowest BCUT2D eigenvalue weighted by molar-refractivity contribution is 0.155. The highest BCUT2D eigenvalue weighted by molar-refractivity contribution is 7.10. The highest BCUT2D eigenvalue weighted by atomic mass is 32.1. The Kier molecular flexibility index (Phi) is 3.70. The molecule has 2 heteroatoms. The van der Waals surface area contributed by atoms with Crippen LogP contribution in [0.3, 0.4) is 0 Å². The van der Waals surface area contributed by atoms with Crippen LogP contribution in [0.1, 0.15) is 38.5 Å². The molecule has 0 aliphatic heterocycles. The molecular formula is C14H23NS. The molecule has 0 atom stereocenters. The van der Waals surface area contributed by atoms with Gasteiger partial charge in [0.1, 0.15) is 0 Å². The van der Waals surface area contributed by atoms with Crippen LogP contribution >= 0.6 is 11.3 Å². The number of hydrogen-bond donors (Lipinski definition) is 1. The van der Waals surface area contributed by atoms with Crippen LogP contribution in [0, 0.1) is 11.8 Å². The minimum atomic E-state index is 0.461. The Labute approximate surface area is 103 Å². The SMILES string of the molecule is CC(C)CNCC1(c2cccs2)CC(C)C1. The summed E-state index contributed by atoms with van der Waals surface area (Å²) in [5.74, 6) is 1.65. The summed E-state index contributed by atoms with van der Waals surface area (Å²) in [4.78, 5) is 1.59. The van der Waals surface area contributed by atoms with Gasteiger partial charge in [-0.3, -0.25) is 0 Å². The average molecular weight is 237 g/mol. The third kappa shape index (κ3) is 2.49. The molecule has 0 aromatic carbocycles. The fraction of sp³-hybridized carbons (Fsp3) is 0.714. The molecule has 1 saturated carbocycles. The maximum absolute atomic E-state index is 3.64. The van der Waals surface area contributed by atoms with Crippen molar-refractivity contribution in [3.05, 3.63) is 22.4 Å². The lowest BCUT2D eigenvalue weighted by Gasteiger charge is -2.46. The molecule has 1 aliphatic carbocycles. The Bertz CT molecular complexity index is 309. The summed E-state index contributed by atoms with van der Waals surface area (Å²) in [7, 11) is 0. The van der Waals surface area contributed by atoms with Crippen molar-refractivity contribution in [1.82, 2.24) is 5.32 Å². The topological polar surface area (TPSA) is 12.0 Å². The summed E-state index contributed by atoms with van der Waals surface area (Å²) in [5.41, 5.74) is 0.461. The second-order valence-electron chi connectivity index (χ2n) is 5.80. The molecule has 0 bridgehead atoms. The highest BCUT2D eigenvalue weighted by Crippen LogP contribution is 2.48. The quantitative estimate of drug-likeness (QED) is 0.824. The molecule has 0 amide bonds. The lowest BCUT2D eigenvalue weighted by atomic mass is 9.62. The van der Waals surface area contributed by atoms with Crippen molar-refractivity contribution < 1.29 is 0 Å². The molecule has 0 spiro atoms. The fourth-order valence-corrected chi connectivity index (χ4v) is 3.84. The van der Waals surface area contributed by atoms with E-state index < -0.39 is 0 Å². The van der Waals surface area contributed by atoms with Crippen LogP contribution < -0.4 is 5.32 Å². The summed E-state index contributed by atoms with van der Waals surface area (Å²) in [6.45, 7) is 9.22. The predicted octanol–water partition coefficient (Wildman–Crippen LogP) is 3.66. The van der Waals surface area contributed by atoms with Gasteiger partial charge in [0.05, 0.1) is 0 Å². The molecule has 1 aliphatic rings. The Morgan fingerprint density at radius 3 is 2.75 bits per heavy atom. The van der Waals surface area contributed by atoms with E-state index in [1.807, 2.05) is 11.3 Å². The van der Waals surface area contributed by atoms with E-state index >= 15 is 0 Å². The fourth-order valence-electron chi connectivity index (χ4n) is 2.89. The van der Waals surface area contributed by atoms with Gasteiger partial charge in [-0.1, -0.05) is 26.8 Å². The summed E-state index contributed by atoms with van der Waals surface area (Å²) < 4.78 is 0. The molecule has 1 aromatic rings. The zero-order chi connectivity index (χ0) is 11.6. The van der Waals surface area contributed by atoms with Crippen molar-refractivity contribution in [1.29, 1.82) is 0 Å². The maximum atomic E-state index is 3.64. The number of hydrogen-bond acceptors (Lipinski definition) is 2. The molecule has 1 N–H and O–H groups in total. The van der Waals surface area contributed by atoms with E-state index in [-0.39, 0.29) is 0 Å². The average Bonchev–Trinajstić information content (AvgIpc) is 2.66. The Morgan fingerprint density at radius 1 is 1.50 bits per heavy atom. The van der Waals surface area contributed by atoms with Gasteiger partial charge in [-0.2, -0.15) is 0 Å². The molecule has 1 aromatic heterocycles. The zero-order valence-corrected chi connectivity index (χ0v) is 11.4. The summed E-state index contributed by atoms with van der Waals surface area (Å²) in [5, 5.41) is 5.85. The van der Waals surface area contributed by atoms with Crippen LogP contribution in [0.5, 0.6) is 0 Å². The van der Waals surface area contributed by atoms with E-state index in [4.69, 9.17) is 0 Å². The molecule has 1 heterocycles. The summed E-state index contributed by atoms with van der Waals surface area (Å²) in [6.07, 6.45) is 2.72. The largest absolute Gasteiger partial charge is 0.316 e. The van der Waals surface area contributed by atoms with E-state index in [1.54, 1.807) is 4.88 Å². The zero-order valence-electron chi connectivity index (χ0n) is 10.6. The highest BCUT2D eigenvalue weighted by Gasteiger charge is 2.43. The normalized spacial score (nSPS) is 29.4. The maximum Gasteiger partial charge on any atom is 0.0177 e. The molecule has 1 nitrogen and oxygen atoms in total. The first kappa shape index (κ1) is 12.1. The first-order valence-corrected chi connectivity index (χ1v) is 7.25. The molecule has 90 valence electrons. The van der Waals surface area contributed by atoms with Crippen LogP contribution in [-0.4, -0.2) is 13.1 Å². The van der Waals surface area contributed by atoms with Crippen molar-refractivity contribution in [2.45, 2.75) is 39.0 Å². The van der Waals surface area contributed by atoms with Crippen LogP contribution in [0.4, 0.5) is 0 Å². The number of rotatable bonds is 5. The molecular weight excluding hydrogens is 214 g/mol. The van der Waals surface area contributed by atoms with Crippen LogP contribution in [0.15, 0.2) is 17.5 Å². The third-order valence-corrected chi connectivity index (χ3v) is 4.65. The second-order valence-corrected chi connectivity index (χ2v) is 6.74. The van der Waals surface area contributed by atoms with Gasteiger partial charge >= 0.3 is 0 Å². The van der Waals surface area contributed by atoms with E-state index in [1.165, 1.54) is 12.8 Å². The Balaban J connectivity index is 1.95. The lowest BCUT2D eigenvalue weighted by Crippen LogP contribution is -2.47. The van der Waals surface area contributed by atoms with Crippen molar-refractivity contribution >= 4 is 11.3 Å². The van der Waals surface area contributed by atoms with Crippen LogP contribution in [0.2, 0.25) is 0 Å². The van der Waals surface area contributed by atoms with Gasteiger partial charge in [0.2, 0.25) is 0 Å². The standard InChI is InChI=1S/C14H23NS/c1-11(2)9-15-10-14(7-12(3)8-14)13-5-4-6-16-13/h4-6,11-12,15H,7-10H2,1-3H3. The van der Waals surface area contributed by atoms with Crippen molar-refractivity contribution in [3.63, 3.8) is 0 Å². The molecule has 2 rings (SSSR count). The van der Waals surface area contributed by atoms with Gasteiger partial charge in [-0.05, 0) is 42.7 Å². The van der Waals surface area contributed by atoms with Gasteiger partial charge in [-0.15, -0.1) is 11.3 Å². The van der Waals surface area contributed by atoms with Gasteiger partial charge in [-0.25, -0.2) is 0 Å². The van der Waals surface area contributed by atoms with Crippen LogP contribution in [0.25, 0.3) is 0 Å². The predicted molar refractivity (Wildman–Crippen MR) is 72.1 cm³/mol. The van der Waals surface area contributed by atoms with Crippen LogP contribution in [-0.2, 0) is 5.41 Å². The van der Waals surface area contributed by atoms with Gasteiger partial charge in [0.25, 0.3) is 0 Å². The van der Waals surface area contributed by atoms with Gasteiger partial charge in [0.15, 0.2) is 0 Å². The Hall–Kier alpha value is -0.340. The minimum absolute atomic E-state index is 0.461. The van der Waals surface area contributed by atoms with Gasteiger partial charge in [0, 0.05) is 16.8 Å². The van der Waals surface area contributed by atoms with E-state index in [2.05, 4.69) is 43.6 Å². The van der Waals surface area contributed by atoms with Crippen molar-refractivity contribution in [3.8, 4) is 0 Å².